The molecule has 0 saturated heterocycles. The number of hydrogen-bond acceptors (Lipinski definition) is 7. The van der Waals surface area contributed by atoms with Gasteiger partial charge in [-0.2, -0.15) is 4.98 Å². The summed E-state index contributed by atoms with van der Waals surface area (Å²) in [5, 5.41) is 15.2. The van der Waals surface area contributed by atoms with Crippen LogP contribution in [0.1, 0.15) is 30.4 Å². The van der Waals surface area contributed by atoms with Gasteiger partial charge in [0.05, 0.1) is 5.75 Å². The highest BCUT2D eigenvalue weighted by molar-refractivity contribution is 7.98. The van der Waals surface area contributed by atoms with Gasteiger partial charge in [-0.1, -0.05) is 36.8 Å². The van der Waals surface area contributed by atoms with Crippen molar-refractivity contribution in [3.63, 3.8) is 0 Å². The zero-order valence-electron chi connectivity index (χ0n) is 13.2. The lowest BCUT2D eigenvalue weighted by Gasteiger charge is -2.04. The van der Waals surface area contributed by atoms with Gasteiger partial charge in [0.2, 0.25) is 5.89 Å². The number of hydrogen-bond donors (Lipinski definition) is 0. The van der Waals surface area contributed by atoms with Crippen LogP contribution in [0.25, 0.3) is 0 Å². The third kappa shape index (κ3) is 4.65. The maximum Gasteiger partial charge on any atom is 0.226 e. The molecule has 6 nitrogen and oxygen atoms in total. The Morgan fingerprint density at radius 1 is 1.39 bits per heavy atom. The summed E-state index contributed by atoms with van der Waals surface area (Å²) in [7, 11) is 0. The molecule has 23 heavy (non-hydrogen) atoms. The molecule has 0 aliphatic carbocycles. The third-order valence-electron chi connectivity index (χ3n) is 3.18. The molecule has 0 aliphatic heterocycles. The Balaban J connectivity index is 1.54. The molecular weight excluding hydrogens is 330 g/mol. The van der Waals surface area contributed by atoms with E-state index in [0.29, 0.717) is 23.4 Å². The molecule has 0 N–H and O–H groups in total. The Hall–Kier alpha value is -1.67. The molecular formula is C15H19N5OS2. The minimum absolute atomic E-state index is 0.510. The van der Waals surface area contributed by atoms with Crippen LogP contribution in [0, 0.1) is 5.92 Å². The van der Waals surface area contributed by atoms with Gasteiger partial charge in [-0.05, 0) is 23.8 Å². The fourth-order valence-electron chi connectivity index (χ4n) is 2.11. The molecule has 3 rings (SSSR count). The van der Waals surface area contributed by atoms with Crippen LogP contribution < -0.4 is 0 Å². The Labute approximate surface area is 143 Å². The molecule has 0 spiro atoms. The standard InChI is InChI=1S/C15H19N5OS2/c1-11(2)8-14-17-13(19-21-14)9-23-15-18-16-10-20(15)6-5-12-4-3-7-22-12/h3-4,7,10-11H,5-6,8-9H2,1-2H3. The lowest BCUT2D eigenvalue weighted by molar-refractivity contribution is 0.360. The molecule has 0 saturated carbocycles. The predicted molar refractivity (Wildman–Crippen MR) is 90.4 cm³/mol. The quantitative estimate of drug-likeness (QED) is 0.580. The SMILES string of the molecule is CC(C)Cc1nc(CSc2nncn2CCc2cccs2)no1. The van der Waals surface area contributed by atoms with E-state index in [2.05, 4.69) is 56.3 Å². The second-order valence-electron chi connectivity index (χ2n) is 5.63. The van der Waals surface area contributed by atoms with Gasteiger partial charge in [0.15, 0.2) is 11.0 Å². The third-order valence-corrected chi connectivity index (χ3v) is 5.10. The van der Waals surface area contributed by atoms with E-state index in [1.165, 1.54) is 4.88 Å². The van der Waals surface area contributed by atoms with Crippen molar-refractivity contribution in [2.75, 3.05) is 0 Å². The molecule has 3 aromatic heterocycles. The van der Waals surface area contributed by atoms with Crippen molar-refractivity contribution in [2.45, 2.75) is 44.1 Å². The summed E-state index contributed by atoms with van der Waals surface area (Å²) in [5.74, 6) is 2.56. The molecule has 0 unspecified atom stereocenters. The summed E-state index contributed by atoms with van der Waals surface area (Å²) in [4.78, 5) is 5.78. The van der Waals surface area contributed by atoms with Gasteiger partial charge < -0.3 is 9.09 Å². The van der Waals surface area contributed by atoms with Crippen molar-refractivity contribution in [2.24, 2.45) is 5.92 Å². The first-order chi connectivity index (χ1) is 11.2. The summed E-state index contributed by atoms with van der Waals surface area (Å²) in [6.07, 6.45) is 3.58. The van der Waals surface area contributed by atoms with Gasteiger partial charge in [-0.25, -0.2) is 0 Å². The van der Waals surface area contributed by atoms with E-state index in [1.54, 1.807) is 29.4 Å². The van der Waals surface area contributed by atoms with Crippen molar-refractivity contribution in [3.8, 4) is 0 Å². The Morgan fingerprint density at radius 3 is 3.09 bits per heavy atom. The topological polar surface area (TPSA) is 69.6 Å². The van der Waals surface area contributed by atoms with Crippen LogP contribution in [0.3, 0.4) is 0 Å². The molecule has 0 radical (unpaired) electrons. The first-order valence-electron chi connectivity index (χ1n) is 7.55. The number of aromatic nitrogens is 5. The molecule has 0 aliphatic rings. The molecule has 122 valence electrons. The zero-order valence-corrected chi connectivity index (χ0v) is 14.8. The van der Waals surface area contributed by atoms with E-state index in [9.17, 15) is 0 Å². The second-order valence-corrected chi connectivity index (χ2v) is 7.60. The lowest BCUT2D eigenvalue weighted by atomic mass is 10.1. The van der Waals surface area contributed by atoms with Gasteiger partial charge in [0.1, 0.15) is 6.33 Å². The Bertz CT molecular complexity index is 720. The van der Waals surface area contributed by atoms with E-state index < -0.39 is 0 Å². The minimum atomic E-state index is 0.510. The van der Waals surface area contributed by atoms with E-state index in [4.69, 9.17) is 4.52 Å². The van der Waals surface area contributed by atoms with Crippen molar-refractivity contribution >= 4 is 23.1 Å². The van der Waals surface area contributed by atoms with Gasteiger partial charge in [-0.3, -0.25) is 0 Å². The van der Waals surface area contributed by atoms with E-state index in [-0.39, 0.29) is 0 Å². The molecule has 0 aromatic carbocycles. The summed E-state index contributed by atoms with van der Waals surface area (Å²) >= 11 is 3.36. The van der Waals surface area contributed by atoms with Crippen LogP contribution in [0.15, 0.2) is 33.5 Å². The fourth-order valence-corrected chi connectivity index (χ4v) is 3.59. The fraction of sp³-hybridized carbons (Fsp3) is 0.467. The minimum Gasteiger partial charge on any atom is -0.339 e. The monoisotopic (exact) mass is 349 g/mol. The number of thioether (sulfide) groups is 1. The summed E-state index contributed by atoms with van der Waals surface area (Å²) in [6.45, 7) is 5.14. The Morgan fingerprint density at radius 2 is 2.30 bits per heavy atom. The lowest BCUT2D eigenvalue weighted by Crippen LogP contribution is -2.01. The van der Waals surface area contributed by atoms with E-state index in [1.807, 2.05) is 0 Å². The van der Waals surface area contributed by atoms with Gasteiger partial charge >= 0.3 is 0 Å². The van der Waals surface area contributed by atoms with E-state index in [0.717, 1.165) is 24.5 Å². The molecule has 0 atom stereocenters. The number of rotatable bonds is 8. The van der Waals surface area contributed by atoms with Gasteiger partial charge in [0.25, 0.3) is 0 Å². The highest BCUT2D eigenvalue weighted by Gasteiger charge is 2.11. The predicted octanol–water partition coefficient (Wildman–Crippen LogP) is 3.46. The summed E-state index contributed by atoms with van der Waals surface area (Å²) in [6, 6.07) is 4.23. The summed E-state index contributed by atoms with van der Waals surface area (Å²) in [5.41, 5.74) is 0. The number of aryl methyl sites for hydroxylation is 2. The van der Waals surface area contributed by atoms with Crippen LogP contribution in [0.5, 0.6) is 0 Å². The summed E-state index contributed by atoms with van der Waals surface area (Å²) < 4.78 is 7.33. The zero-order chi connectivity index (χ0) is 16.1. The van der Waals surface area contributed by atoms with E-state index >= 15 is 0 Å². The number of thiophene rings is 1. The molecule has 3 heterocycles. The van der Waals surface area contributed by atoms with Crippen molar-refractivity contribution in [3.05, 3.63) is 40.4 Å². The normalized spacial score (nSPS) is 11.4. The van der Waals surface area contributed by atoms with Crippen LogP contribution in [0.4, 0.5) is 0 Å². The van der Waals surface area contributed by atoms with Crippen LogP contribution in [-0.4, -0.2) is 24.9 Å². The first-order valence-corrected chi connectivity index (χ1v) is 9.41. The largest absolute Gasteiger partial charge is 0.339 e. The molecule has 3 aromatic rings. The van der Waals surface area contributed by atoms with Crippen molar-refractivity contribution < 1.29 is 4.52 Å². The van der Waals surface area contributed by atoms with Crippen LogP contribution in [-0.2, 0) is 25.1 Å². The average molecular weight is 349 g/mol. The highest BCUT2D eigenvalue weighted by Crippen LogP contribution is 2.20. The Kier molecular flexibility index (Phi) is 5.45. The molecule has 0 bridgehead atoms. The van der Waals surface area contributed by atoms with Crippen molar-refractivity contribution in [1.29, 1.82) is 0 Å². The molecule has 0 amide bonds. The molecule has 0 fully saturated rings. The first kappa shape index (κ1) is 16.2. The van der Waals surface area contributed by atoms with Crippen molar-refractivity contribution in [1.82, 2.24) is 24.9 Å². The van der Waals surface area contributed by atoms with Crippen LogP contribution >= 0.6 is 23.1 Å². The smallest absolute Gasteiger partial charge is 0.226 e. The maximum atomic E-state index is 5.26. The van der Waals surface area contributed by atoms with Crippen LogP contribution in [0.2, 0.25) is 0 Å². The highest BCUT2D eigenvalue weighted by atomic mass is 32.2. The average Bonchev–Trinajstić information content (AvgIpc) is 3.24. The molecule has 8 heteroatoms. The maximum absolute atomic E-state index is 5.26. The second kappa shape index (κ2) is 7.74. The van der Waals surface area contributed by atoms with Gasteiger partial charge in [-0.15, -0.1) is 21.5 Å². The number of nitrogens with zero attached hydrogens (tertiary/aromatic N) is 5. The van der Waals surface area contributed by atoms with Gasteiger partial charge in [0, 0.05) is 17.8 Å².